The van der Waals surface area contributed by atoms with E-state index in [1.54, 1.807) is 18.5 Å². The molecule has 2 N–H and O–H groups in total. The second-order valence-electron chi connectivity index (χ2n) is 9.15. The van der Waals surface area contributed by atoms with Crippen LogP contribution in [0.1, 0.15) is 32.6 Å². The zero-order valence-electron chi connectivity index (χ0n) is 19.6. The third kappa shape index (κ3) is 4.76. The van der Waals surface area contributed by atoms with Crippen LogP contribution in [0.3, 0.4) is 0 Å². The Kier molecular flexibility index (Phi) is 6.46. The maximum Gasteiger partial charge on any atom is 0.251 e. The number of nitrogen functional groups attached to an aromatic ring is 1. The Morgan fingerprint density at radius 1 is 1.24 bits per heavy atom. The SMILES string of the molecule is C[C@H]1COCCN1c1nc(OC2CC(N(C)C(=O)[C@@H]3CCCO3)C2)cc(-c2cnc(N)nc2)n1. The average molecular weight is 470 g/mol. The van der Waals surface area contributed by atoms with Crippen molar-refractivity contribution in [3.63, 3.8) is 0 Å². The van der Waals surface area contributed by atoms with Crippen molar-refractivity contribution in [1.29, 1.82) is 0 Å². The van der Waals surface area contributed by atoms with Crippen LogP contribution in [0.4, 0.5) is 11.9 Å². The van der Waals surface area contributed by atoms with Crippen LogP contribution in [0.5, 0.6) is 5.88 Å². The lowest BCUT2D eigenvalue weighted by Crippen LogP contribution is -2.52. The molecule has 3 fully saturated rings. The molecule has 0 bridgehead atoms. The summed E-state index contributed by atoms with van der Waals surface area (Å²) in [4.78, 5) is 34.2. The average Bonchev–Trinajstić information content (AvgIpc) is 3.36. The molecular formula is C23H31N7O4. The van der Waals surface area contributed by atoms with Crippen LogP contribution in [0.2, 0.25) is 0 Å². The third-order valence-corrected chi connectivity index (χ3v) is 6.74. The number of ether oxygens (including phenoxy) is 3. The molecule has 1 saturated carbocycles. The molecule has 182 valence electrons. The van der Waals surface area contributed by atoms with E-state index in [-0.39, 0.29) is 36.1 Å². The summed E-state index contributed by atoms with van der Waals surface area (Å²) in [6.45, 7) is 4.68. The highest BCUT2D eigenvalue weighted by Gasteiger charge is 2.39. The molecule has 0 aromatic carbocycles. The second kappa shape index (κ2) is 9.67. The van der Waals surface area contributed by atoms with Crippen molar-refractivity contribution in [3.8, 4) is 17.1 Å². The van der Waals surface area contributed by atoms with Gasteiger partial charge in [0.05, 0.1) is 24.9 Å². The summed E-state index contributed by atoms with van der Waals surface area (Å²) in [6, 6.07) is 2.09. The zero-order valence-corrected chi connectivity index (χ0v) is 19.6. The van der Waals surface area contributed by atoms with E-state index < -0.39 is 0 Å². The van der Waals surface area contributed by atoms with E-state index in [4.69, 9.17) is 29.9 Å². The van der Waals surface area contributed by atoms with E-state index in [2.05, 4.69) is 21.8 Å². The number of carbonyl (C=O) groups excluding carboxylic acids is 1. The molecule has 0 unspecified atom stereocenters. The first kappa shape index (κ1) is 22.7. The van der Waals surface area contributed by atoms with Crippen LogP contribution in [0.25, 0.3) is 11.3 Å². The summed E-state index contributed by atoms with van der Waals surface area (Å²) < 4.78 is 17.4. The molecule has 1 amide bonds. The lowest BCUT2D eigenvalue weighted by atomic mass is 9.87. The summed E-state index contributed by atoms with van der Waals surface area (Å²) in [7, 11) is 1.85. The predicted molar refractivity (Wildman–Crippen MR) is 124 cm³/mol. The van der Waals surface area contributed by atoms with Crippen LogP contribution in [-0.4, -0.2) is 88.4 Å². The molecule has 1 aliphatic carbocycles. The lowest BCUT2D eigenvalue weighted by Gasteiger charge is -2.41. The smallest absolute Gasteiger partial charge is 0.251 e. The quantitative estimate of drug-likeness (QED) is 0.661. The monoisotopic (exact) mass is 469 g/mol. The third-order valence-electron chi connectivity index (χ3n) is 6.74. The fourth-order valence-corrected chi connectivity index (χ4v) is 4.54. The van der Waals surface area contributed by atoms with Gasteiger partial charge in [-0.05, 0) is 19.8 Å². The fourth-order valence-electron chi connectivity index (χ4n) is 4.54. The first-order valence-electron chi connectivity index (χ1n) is 11.8. The second-order valence-corrected chi connectivity index (χ2v) is 9.15. The van der Waals surface area contributed by atoms with Gasteiger partial charge in [-0.3, -0.25) is 4.79 Å². The number of nitrogens with two attached hydrogens (primary N) is 1. The molecule has 34 heavy (non-hydrogen) atoms. The van der Waals surface area contributed by atoms with Gasteiger partial charge in [-0.25, -0.2) is 15.0 Å². The Bertz CT molecular complexity index is 1010. The molecule has 0 radical (unpaired) electrons. The molecule has 2 aliphatic heterocycles. The predicted octanol–water partition coefficient (Wildman–Crippen LogP) is 1.29. The van der Waals surface area contributed by atoms with Gasteiger partial charge in [0.25, 0.3) is 5.91 Å². The van der Waals surface area contributed by atoms with Gasteiger partial charge in [-0.2, -0.15) is 4.98 Å². The number of nitrogens with zero attached hydrogens (tertiary/aromatic N) is 6. The Morgan fingerprint density at radius 3 is 2.74 bits per heavy atom. The van der Waals surface area contributed by atoms with Crippen molar-refractivity contribution in [1.82, 2.24) is 24.8 Å². The van der Waals surface area contributed by atoms with Crippen LogP contribution < -0.4 is 15.4 Å². The van der Waals surface area contributed by atoms with Gasteiger partial charge in [0.2, 0.25) is 17.8 Å². The first-order valence-corrected chi connectivity index (χ1v) is 11.8. The number of hydrogen-bond donors (Lipinski definition) is 1. The Hall–Kier alpha value is -3.05. The minimum Gasteiger partial charge on any atom is -0.474 e. The molecule has 4 heterocycles. The molecule has 2 saturated heterocycles. The van der Waals surface area contributed by atoms with Crippen molar-refractivity contribution in [2.45, 2.75) is 56.9 Å². The van der Waals surface area contributed by atoms with E-state index in [1.165, 1.54) is 0 Å². The van der Waals surface area contributed by atoms with Crippen LogP contribution in [0, 0.1) is 0 Å². The molecule has 2 aromatic heterocycles. The van der Waals surface area contributed by atoms with Crippen molar-refractivity contribution in [2.24, 2.45) is 0 Å². The highest BCUT2D eigenvalue weighted by Crippen LogP contribution is 2.32. The number of rotatable bonds is 6. The maximum absolute atomic E-state index is 12.6. The molecule has 11 heteroatoms. The number of anilines is 2. The standard InChI is InChI=1S/C23H31N7O4/c1-14-13-32-7-5-30(14)23-27-18(15-11-25-22(24)26-12-15)10-20(28-23)34-17-8-16(9-17)29(2)21(31)19-4-3-6-33-19/h10-12,14,16-17,19H,3-9,13H2,1-2H3,(H2,24,25,26)/t14-,16?,17?,19-/m0/s1. The van der Waals surface area contributed by atoms with Crippen LogP contribution in [0.15, 0.2) is 18.5 Å². The lowest BCUT2D eigenvalue weighted by molar-refractivity contribution is -0.145. The summed E-state index contributed by atoms with van der Waals surface area (Å²) in [6.07, 6.45) is 6.22. The van der Waals surface area contributed by atoms with Gasteiger partial charge in [-0.15, -0.1) is 0 Å². The van der Waals surface area contributed by atoms with Crippen LogP contribution in [-0.2, 0) is 14.3 Å². The van der Waals surface area contributed by atoms with Crippen molar-refractivity contribution >= 4 is 17.8 Å². The van der Waals surface area contributed by atoms with Crippen molar-refractivity contribution < 1.29 is 19.0 Å². The van der Waals surface area contributed by atoms with Gasteiger partial charge in [-0.1, -0.05) is 0 Å². The minimum absolute atomic E-state index is 0.0230. The minimum atomic E-state index is -0.297. The number of aromatic nitrogens is 4. The molecule has 2 atom stereocenters. The number of morpholine rings is 1. The number of hydrogen-bond acceptors (Lipinski definition) is 10. The highest BCUT2D eigenvalue weighted by atomic mass is 16.5. The van der Waals surface area contributed by atoms with Gasteiger partial charge in [0, 0.05) is 63.1 Å². The number of amides is 1. The Morgan fingerprint density at radius 2 is 2.03 bits per heavy atom. The Labute approximate surface area is 198 Å². The van der Waals surface area contributed by atoms with E-state index in [9.17, 15) is 4.79 Å². The molecule has 3 aliphatic rings. The van der Waals surface area contributed by atoms with Crippen LogP contribution >= 0.6 is 0 Å². The summed E-state index contributed by atoms with van der Waals surface area (Å²) in [5.74, 6) is 1.35. The molecule has 11 nitrogen and oxygen atoms in total. The van der Waals surface area contributed by atoms with Gasteiger partial charge in [0.1, 0.15) is 12.2 Å². The first-order chi connectivity index (χ1) is 16.5. The van der Waals surface area contributed by atoms with E-state index in [0.29, 0.717) is 43.9 Å². The van der Waals surface area contributed by atoms with E-state index in [1.807, 2.05) is 11.9 Å². The Balaban J connectivity index is 1.31. The molecule has 5 rings (SSSR count). The highest BCUT2D eigenvalue weighted by molar-refractivity contribution is 5.81. The van der Waals surface area contributed by atoms with Gasteiger partial charge in [0.15, 0.2) is 0 Å². The van der Waals surface area contributed by atoms with E-state index in [0.717, 1.165) is 31.2 Å². The van der Waals surface area contributed by atoms with Crippen molar-refractivity contribution in [2.75, 3.05) is 44.0 Å². The van der Waals surface area contributed by atoms with E-state index >= 15 is 0 Å². The molecule has 2 aromatic rings. The topological polar surface area (TPSA) is 129 Å². The normalized spacial score (nSPS) is 26.7. The molecule has 0 spiro atoms. The summed E-state index contributed by atoms with van der Waals surface area (Å²) in [5, 5.41) is 0. The number of likely N-dealkylation sites (N-methyl/N-ethyl adjacent to an activating group) is 1. The maximum atomic E-state index is 12.6. The summed E-state index contributed by atoms with van der Waals surface area (Å²) in [5.41, 5.74) is 7.05. The van der Waals surface area contributed by atoms with Gasteiger partial charge < -0.3 is 29.7 Å². The molecular weight excluding hydrogens is 438 g/mol. The van der Waals surface area contributed by atoms with Crippen molar-refractivity contribution in [3.05, 3.63) is 18.5 Å². The number of carbonyl (C=O) groups is 1. The van der Waals surface area contributed by atoms with Gasteiger partial charge >= 0.3 is 0 Å². The largest absolute Gasteiger partial charge is 0.474 e. The summed E-state index contributed by atoms with van der Waals surface area (Å²) >= 11 is 0. The zero-order chi connectivity index (χ0) is 23.7. The fraction of sp³-hybridized carbons (Fsp3) is 0.609.